The first-order chi connectivity index (χ1) is 7.65. The number of carboxylic acids is 1. The highest BCUT2D eigenvalue weighted by atomic mass is 35.5. The monoisotopic (exact) mass is 244 g/mol. The van der Waals surface area contributed by atoms with Crippen molar-refractivity contribution >= 4 is 17.6 Å². The van der Waals surface area contributed by atoms with E-state index in [-0.39, 0.29) is 13.2 Å². The van der Waals surface area contributed by atoms with E-state index >= 15 is 0 Å². The molecule has 0 aliphatic rings. The third-order valence-corrected chi connectivity index (χ3v) is 2.20. The Labute approximate surface area is 98.4 Å². The van der Waals surface area contributed by atoms with Crippen LogP contribution in [0.5, 0.6) is 0 Å². The molecule has 0 amide bonds. The van der Waals surface area contributed by atoms with Crippen LogP contribution in [-0.2, 0) is 9.53 Å². The number of hydrogen-bond donors (Lipinski definition) is 2. The topological polar surface area (TPSA) is 66.8 Å². The average Bonchev–Trinajstić information content (AvgIpc) is 2.24. The lowest BCUT2D eigenvalue weighted by Crippen LogP contribution is -2.16. The number of halogens is 1. The van der Waals surface area contributed by atoms with Gasteiger partial charge in [0.25, 0.3) is 0 Å². The molecule has 0 aliphatic carbocycles. The van der Waals surface area contributed by atoms with Gasteiger partial charge >= 0.3 is 5.97 Å². The highest BCUT2D eigenvalue weighted by molar-refractivity contribution is 6.30. The van der Waals surface area contributed by atoms with Gasteiger partial charge in [-0.15, -0.1) is 0 Å². The minimum atomic E-state index is -1.07. The standard InChI is InChI=1S/C11H13ClO4/c12-9-4-1-3-8(7-9)10(11(14)15)16-6-2-5-13/h1,3-4,7,10,13H,2,5-6H2,(H,14,15). The van der Waals surface area contributed by atoms with Crippen molar-refractivity contribution in [3.8, 4) is 0 Å². The quantitative estimate of drug-likeness (QED) is 0.750. The summed E-state index contributed by atoms with van der Waals surface area (Å²) >= 11 is 5.77. The molecule has 16 heavy (non-hydrogen) atoms. The molecule has 0 aliphatic heterocycles. The maximum absolute atomic E-state index is 11.0. The van der Waals surface area contributed by atoms with Crippen molar-refractivity contribution in [3.63, 3.8) is 0 Å². The Morgan fingerprint density at radius 3 is 2.81 bits per heavy atom. The van der Waals surface area contributed by atoms with Crippen LogP contribution in [0.4, 0.5) is 0 Å². The van der Waals surface area contributed by atoms with Crippen LogP contribution in [0.2, 0.25) is 5.02 Å². The van der Waals surface area contributed by atoms with E-state index in [1.807, 2.05) is 0 Å². The van der Waals surface area contributed by atoms with Crippen LogP contribution >= 0.6 is 11.6 Å². The van der Waals surface area contributed by atoms with Gasteiger partial charge in [0.1, 0.15) is 0 Å². The average molecular weight is 245 g/mol. The minimum absolute atomic E-state index is 0.0259. The first-order valence-electron chi connectivity index (χ1n) is 4.86. The van der Waals surface area contributed by atoms with E-state index in [0.29, 0.717) is 17.0 Å². The largest absolute Gasteiger partial charge is 0.479 e. The molecule has 5 heteroatoms. The molecule has 0 saturated carbocycles. The fourth-order valence-electron chi connectivity index (χ4n) is 1.25. The summed E-state index contributed by atoms with van der Waals surface area (Å²) in [5, 5.41) is 18.0. The third kappa shape index (κ3) is 3.81. The molecule has 0 radical (unpaired) electrons. The molecule has 0 saturated heterocycles. The fraction of sp³-hybridized carbons (Fsp3) is 0.364. The van der Waals surface area contributed by atoms with Crippen LogP contribution < -0.4 is 0 Å². The van der Waals surface area contributed by atoms with Gasteiger partial charge in [0.2, 0.25) is 0 Å². The molecule has 4 nitrogen and oxygen atoms in total. The van der Waals surface area contributed by atoms with Gasteiger partial charge in [-0.2, -0.15) is 0 Å². The molecular formula is C11H13ClO4. The van der Waals surface area contributed by atoms with Gasteiger partial charge in [-0.25, -0.2) is 4.79 Å². The van der Waals surface area contributed by atoms with Crippen LogP contribution in [0.15, 0.2) is 24.3 Å². The zero-order chi connectivity index (χ0) is 12.0. The molecule has 2 N–H and O–H groups in total. The lowest BCUT2D eigenvalue weighted by atomic mass is 10.1. The van der Waals surface area contributed by atoms with E-state index in [2.05, 4.69) is 0 Å². The Balaban J connectivity index is 2.73. The molecule has 1 atom stereocenters. The molecule has 1 unspecified atom stereocenters. The maximum Gasteiger partial charge on any atom is 0.337 e. The van der Waals surface area contributed by atoms with Crippen LogP contribution in [0.1, 0.15) is 18.1 Å². The molecule has 1 rings (SSSR count). The molecular weight excluding hydrogens is 232 g/mol. The Morgan fingerprint density at radius 2 is 2.25 bits per heavy atom. The highest BCUT2D eigenvalue weighted by Gasteiger charge is 2.20. The summed E-state index contributed by atoms with van der Waals surface area (Å²) in [6, 6.07) is 6.53. The zero-order valence-corrected chi connectivity index (χ0v) is 9.35. The lowest BCUT2D eigenvalue weighted by molar-refractivity contribution is -0.151. The molecule has 1 aromatic rings. The number of benzene rings is 1. The van der Waals surface area contributed by atoms with Crippen molar-refractivity contribution < 1.29 is 19.7 Å². The van der Waals surface area contributed by atoms with Crippen LogP contribution in [-0.4, -0.2) is 29.4 Å². The normalized spacial score (nSPS) is 12.4. The SMILES string of the molecule is O=C(O)C(OCCCO)c1cccc(Cl)c1. The Hall–Kier alpha value is -1.10. The second-order valence-corrected chi connectivity index (χ2v) is 3.66. The number of aliphatic carboxylic acids is 1. The van der Waals surface area contributed by atoms with Crippen molar-refractivity contribution in [2.45, 2.75) is 12.5 Å². The van der Waals surface area contributed by atoms with Gasteiger partial charge in [0.05, 0.1) is 6.61 Å². The van der Waals surface area contributed by atoms with Gasteiger partial charge in [0, 0.05) is 11.6 Å². The third-order valence-electron chi connectivity index (χ3n) is 1.96. The molecule has 0 aromatic heterocycles. The fourth-order valence-corrected chi connectivity index (χ4v) is 1.44. The van der Waals surface area contributed by atoms with Crippen molar-refractivity contribution in [2.75, 3.05) is 13.2 Å². The van der Waals surface area contributed by atoms with E-state index in [0.717, 1.165) is 0 Å². The van der Waals surface area contributed by atoms with E-state index in [9.17, 15) is 4.79 Å². The summed E-state index contributed by atoms with van der Waals surface area (Å²) in [5.74, 6) is -1.07. The van der Waals surface area contributed by atoms with Crippen molar-refractivity contribution in [2.24, 2.45) is 0 Å². The number of aliphatic hydroxyl groups is 1. The molecule has 0 heterocycles. The van der Waals surface area contributed by atoms with Crippen LogP contribution in [0.3, 0.4) is 0 Å². The second kappa shape index (κ2) is 6.48. The predicted octanol–water partition coefficient (Wildman–Crippen LogP) is 1.86. The first-order valence-corrected chi connectivity index (χ1v) is 5.23. The summed E-state index contributed by atoms with van der Waals surface area (Å²) in [4.78, 5) is 11.0. The molecule has 88 valence electrons. The maximum atomic E-state index is 11.0. The highest BCUT2D eigenvalue weighted by Crippen LogP contribution is 2.21. The second-order valence-electron chi connectivity index (χ2n) is 3.22. The number of hydrogen-bond acceptors (Lipinski definition) is 3. The predicted molar refractivity (Wildman–Crippen MR) is 59.5 cm³/mol. The zero-order valence-electron chi connectivity index (χ0n) is 8.60. The van der Waals surface area contributed by atoms with Crippen LogP contribution in [0.25, 0.3) is 0 Å². The van der Waals surface area contributed by atoms with Crippen molar-refractivity contribution in [3.05, 3.63) is 34.9 Å². The number of aliphatic hydroxyl groups excluding tert-OH is 1. The number of rotatable bonds is 6. The van der Waals surface area contributed by atoms with Gasteiger partial charge in [-0.3, -0.25) is 0 Å². The van der Waals surface area contributed by atoms with E-state index < -0.39 is 12.1 Å². The Kier molecular flexibility index (Phi) is 5.25. The van der Waals surface area contributed by atoms with E-state index in [1.54, 1.807) is 24.3 Å². The summed E-state index contributed by atoms with van der Waals surface area (Å²) in [6.45, 7) is 0.169. The van der Waals surface area contributed by atoms with Gasteiger partial charge in [0.15, 0.2) is 6.10 Å². The number of ether oxygens (including phenoxy) is 1. The lowest BCUT2D eigenvalue weighted by Gasteiger charge is -2.13. The Bertz CT molecular complexity index is 354. The summed E-state index contributed by atoms with van der Waals surface area (Å²) in [7, 11) is 0. The van der Waals surface area contributed by atoms with E-state index in [4.69, 9.17) is 26.6 Å². The van der Waals surface area contributed by atoms with Crippen molar-refractivity contribution in [1.82, 2.24) is 0 Å². The molecule has 1 aromatic carbocycles. The number of carbonyl (C=O) groups is 1. The smallest absolute Gasteiger partial charge is 0.337 e. The van der Waals surface area contributed by atoms with E-state index in [1.165, 1.54) is 0 Å². The summed E-state index contributed by atoms with van der Waals surface area (Å²) < 4.78 is 5.17. The number of carboxylic acid groups (broad SMARTS) is 1. The van der Waals surface area contributed by atoms with Gasteiger partial charge < -0.3 is 14.9 Å². The molecule has 0 spiro atoms. The molecule has 0 bridgehead atoms. The minimum Gasteiger partial charge on any atom is -0.479 e. The molecule has 0 fully saturated rings. The van der Waals surface area contributed by atoms with Crippen LogP contribution in [0, 0.1) is 0 Å². The summed E-state index contributed by atoms with van der Waals surface area (Å²) in [5.41, 5.74) is 0.498. The van der Waals surface area contributed by atoms with Gasteiger partial charge in [-0.05, 0) is 24.1 Å². The first kappa shape index (κ1) is 13.0. The Morgan fingerprint density at radius 1 is 1.50 bits per heavy atom. The summed E-state index contributed by atoms with van der Waals surface area (Å²) in [6.07, 6.45) is -0.630. The van der Waals surface area contributed by atoms with Gasteiger partial charge in [-0.1, -0.05) is 23.7 Å². The van der Waals surface area contributed by atoms with Crippen molar-refractivity contribution in [1.29, 1.82) is 0 Å².